The number of carbonyl (C=O) groups is 1. The minimum Gasteiger partial charge on any atom is -0.275 e. The first kappa shape index (κ1) is 13.7. The molecule has 0 bridgehead atoms. The Morgan fingerprint density at radius 1 is 1.26 bits per heavy atom. The van der Waals surface area contributed by atoms with Crippen LogP contribution in [0.2, 0.25) is 0 Å². The van der Waals surface area contributed by atoms with Crippen LogP contribution in [0.1, 0.15) is 40.2 Å². The summed E-state index contributed by atoms with van der Waals surface area (Å²) in [5.74, 6) is -0.105. The monoisotopic (exact) mass is 258 g/mol. The van der Waals surface area contributed by atoms with Crippen molar-refractivity contribution in [3.8, 4) is 0 Å². The Balaban J connectivity index is 2.44. The van der Waals surface area contributed by atoms with Gasteiger partial charge in [-0.3, -0.25) is 15.2 Å². The summed E-state index contributed by atoms with van der Waals surface area (Å²) in [5, 5.41) is 1.90. The van der Waals surface area contributed by atoms with E-state index in [1.54, 1.807) is 0 Å². The van der Waals surface area contributed by atoms with E-state index in [2.05, 4.69) is 44.9 Å². The fourth-order valence-electron chi connectivity index (χ4n) is 2.22. The normalized spacial score (nSPS) is 18.7. The first-order chi connectivity index (χ1) is 8.64. The molecule has 0 aliphatic carbocycles. The Bertz CT molecular complexity index is 538. The highest BCUT2D eigenvalue weighted by atomic mass is 16.2. The molecule has 1 amide bonds. The van der Waals surface area contributed by atoms with Crippen molar-refractivity contribution in [2.24, 2.45) is 0 Å². The standard InChI is InChI=1S/C16H22N2O/c1-11-14(19)17-18(16(11,5)6)13-9-7-8-12(10-13)15(2,3)4/h7-10H,1H2,2-6H3,(H,17,19). The second kappa shape index (κ2) is 4.12. The maximum atomic E-state index is 11.8. The number of nitrogens with one attached hydrogen (secondary N) is 1. The molecular weight excluding hydrogens is 236 g/mol. The Morgan fingerprint density at radius 3 is 2.37 bits per heavy atom. The minimum absolute atomic E-state index is 0.0842. The summed E-state index contributed by atoms with van der Waals surface area (Å²) in [7, 11) is 0. The lowest BCUT2D eigenvalue weighted by Gasteiger charge is -2.33. The van der Waals surface area contributed by atoms with Gasteiger partial charge in [0.25, 0.3) is 5.91 Å². The molecule has 1 saturated heterocycles. The third-order valence-electron chi connectivity index (χ3n) is 3.76. The van der Waals surface area contributed by atoms with Gasteiger partial charge in [0, 0.05) is 5.57 Å². The predicted octanol–water partition coefficient (Wildman–Crippen LogP) is 3.17. The Kier molecular flexibility index (Phi) is 2.96. The molecule has 3 nitrogen and oxygen atoms in total. The highest BCUT2D eigenvalue weighted by molar-refractivity contribution is 6.00. The average molecular weight is 258 g/mol. The van der Waals surface area contributed by atoms with Crippen molar-refractivity contribution in [2.45, 2.75) is 45.6 Å². The van der Waals surface area contributed by atoms with Crippen molar-refractivity contribution in [3.05, 3.63) is 42.0 Å². The van der Waals surface area contributed by atoms with Crippen LogP contribution >= 0.6 is 0 Å². The molecular formula is C16H22N2O. The number of hydrogen-bond acceptors (Lipinski definition) is 2. The molecule has 19 heavy (non-hydrogen) atoms. The SMILES string of the molecule is C=C1C(=O)NN(c2cccc(C(C)(C)C)c2)C1(C)C. The minimum atomic E-state index is -0.409. The average Bonchev–Trinajstić information content (AvgIpc) is 2.52. The van der Waals surface area contributed by atoms with Crippen LogP contribution in [0.15, 0.2) is 36.4 Å². The third kappa shape index (κ3) is 2.25. The maximum Gasteiger partial charge on any atom is 0.267 e. The summed E-state index contributed by atoms with van der Waals surface area (Å²) in [4.78, 5) is 11.8. The predicted molar refractivity (Wildman–Crippen MR) is 79.0 cm³/mol. The second-order valence-electron chi connectivity index (χ2n) is 6.61. The first-order valence-electron chi connectivity index (χ1n) is 6.55. The van der Waals surface area contributed by atoms with E-state index in [1.165, 1.54) is 5.56 Å². The van der Waals surface area contributed by atoms with Crippen LogP contribution in [-0.2, 0) is 10.2 Å². The second-order valence-corrected chi connectivity index (χ2v) is 6.61. The van der Waals surface area contributed by atoms with Crippen molar-refractivity contribution in [1.29, 1.82) is 0 Å². The van der Waals surface area contributed by atoms with Crippen LogP contribution in [0.5, 0.6) is 0 Å². The van der Waals surface area contributed by atoms with E-state index >= 15 is 0 Å². The van der Waals surface area contributed by atoms with Crippen LogP contribution < -0.4 is 10.4 Å². The number of hydrogen-bond donors (Lipinski definition) is 1. The zero-order chi connectivity index (χ0) is 14.4. The molecule has 0 saturated carbocycles. The van der Waals surface area contributed by atoms with Gasteiger partial charge in [-0.15, -0.1) is 0 Å². The van der Waals surface area contributed by atoms with E-state index in [0.29, 0.717) is 5.57 Å². The first-order valence-corrected chi connectivity index (χ1v) is 6.55. The van der Waals surface area contributed by atoms with Crippen molar-refractivity contribution in [1.82, 2.24) is 5.43 Å². The van der Waals surface area contributed by atoms with E-state index in [-0.39, 0.29) is 11.3 Å². The van der Waals surface area contributed by atoms with Gasteiger partial charge < -0.3 is 0 Å². The van der Waals surface area contributed by atoms with E-state index < -0.39 is 5.54 Å². The number of benzene rings is 1. The smallest absolute Gasteiger partial charge is 0.267 e. The molecule has 102 valence electrons. The fraction of sp³-hybridized carbons (Fsp3) is 0.438. The number of rotatable bonds is 1. The highest BCUT2D eigenvalue weighted by Crippen LogP contribution is 2.34. The number of carbonyl (C=O) groups excluding carboxylic acids is 1. The van der Waals surface area contributed by atoms with Gasteiger partial charge in [-0.05, 0) is 37.0 Å². The molecule has 1 aromatic carbocycles. The number of amides is 1. The van der Waals surface area contributed by atoms with Gasteiger partial charge in [-0.2, -0.15) is 0 Å². The van der Waals surface area contributed by atoms with Gasteiger partial charge in [0.05, 0.1) is 11.2 Å². The fourth-order valence-corrected chi connectivity index (χ4v) is 2.22. The molecule has 1 aliphatic heterocycles. The third-order valence-corrected chi connectivity index (χ3v) is 3.76. The molecule has 0 aromatic heterocycles. The molecule has 0 atom stereocenters. The summed E-state index contributed by atoms with van der Waals surface area (Å²) in [6.07, 6.45) is 0. The largest absolute Gasteiger partial charge is 0.275 e. The zero-order valence-electron chi connectivity index (χ0n) is 12.4. The Hall–Kier alpha value is -1.77. The molecule has 1 heterocycles. The van der Waals surface area contributed by atoms with Gasteiger partial charge >= 0.3 is 0 Å². The van der Waals surface area contributed by atoms with Gasteiger partial charge in [-0.1, -0.05) is 39.5 Å². The summed E-state index contributed by atoms with van der Waals surface area (Å²) in [6.45, 7) is 14.4. The lowest BCUT2D eigenvalue weighted by Crippen LogP contribution is -2.45. The molecule has 0 unspecified atom stereocenters. The quantitative estimate of drug-likeness (QED) is 0.785. The van der Waals surface area contributed by atoms with Crippen molar-refractivity contribution in [2.75, 3.05) is 5.01 Å². The molecule has 0 radical (unpaired) electrons. The van der Waals surface area contributed by atoms with Gasteiger partial charge in [0.15, 0.2) is 0 Å². The molecule has 0 spiro atoms. The lowest BCUT2D eigenvalue weighted by atomic mass is 9.86. The zero-order valence-corrected chi connectivity index (χ0v) is 12.4. The van der Waals surface area contributed by atoms with Crippen LogP contribution in [0.25, 0.3) is 0 Å². The Morgan fingerprint density at radius 2 is 1.89 bits per heavy atom. The van der Waals surface area contributed by atoms with Gasteiger partial charge in [0.1, 0.15) is 0 Å². The highest BCUT2D eigenvalue weighted by Gasteiger charge is 2.41. The molecule has 1 N–H and O–H groups in total. The van der Waals surface area contributed by atoms with E-state index in [4.69, 9.17) is 0 Å². The lowest BCUT2D eigenvalue weighted by molar-refractivity contribution is -0.116. The van der Waals surface area contributed by atoms with E-state index in [9.17, 15) is 4.79 Å². The topological polar surface area (TPSA) is 32.3 Å². The van der Waals surface area contributed by atoms with E-state index in [1.807, 2.05) is 31.0 Å². The summed E-state index contributed by atoms with van der Waals surface area (Å²) >= 11 is 0. The van der Waals surface area contributed by atoms with Crippen molar-refractivity contribution < 1.29 is 4.79 Å². The maximum absolute atomic E-state index is 11.8. The van der Waals surface area contributed by atoms with Crippen LogP contribution in [0.3, 0.4) is 0 Å². The molecule has 2 rings (SSSR count). The molecule has 3 heteroatoms. The van der Waals surface area contributed by atoms with Crippen molar-refractivity contribution in [3.63, 3.8) is 0 Å². The number of anilines is 1. The van der Waals surface area contributed by atoms with Crippen LogP contribution in [0.4, 0.5) is 5.69 Å². The van der Waals surface area contributed by atoms with Crippen LogP contribution in [-0.4, -0.2) is 11.4 Å². The Labute approximate surface area is 115 Å². The summed E-state index contributed by atoms with van der Waals surface area (Å²) < 4.78 is 0. The molecule has 1 fully saturated rings. The summed E-state index contributed by atoms with van der Waals surface area (Å²) in [6, 6.07) is 8.28. The summed E-state index contributed by atoms with van der Waals surface area (Å²) in [5.41, 5.74) is 5.38. The van der Waals surface area contributed by atoms with Gasteiger partial charge in [0.2, 0.25) is 0 Å². The number of hydrazine groups is 1. The molecule has 1 aromatic rings. The van der Waals surface area contributed by atoms with Gasteiger partial charge in [-0.25, -0.2) is 0 Å². The number of nitrogens with zero attached hydrogens (tertiary/aromatic N) is 1. The van der Waals surface area contributed by atoms with E-state index in [0.717, 1.165) is 5.69 Å². The van der Waals surface area contributed by atoms with Crippen LogP contribution in [0, 0.1) is 0 Å². The molecule has 1 aliphatic rings. The van der Waals surface area contributed by atoms with Crippen molar-refractivity contribution >= 4 is 11.6 Å².